The Balaban J connectivity index is 2.18. The highest BCUT2D eigenvalue weighted by Crippen LogP contribution is 2.29. The van der Waals surface area contributed by atoms with Crippen molar-refractivity contribution in [1.82, 2.24) is 0 Å². The van der Waals surface area contributed by atoms with Crippen molar-refractivity contribution in [2.45, 2.75) is 0 Å². The fourth-order valence-electron chi connectivity index (χ4n) is 2.15. The van der Waals surface area contributed by atoms with Crippen molar-refractivity contribution in [2.75, 3.05) is 20.8 Å². The second-order valence-corrected chi connectivity index (χ2v) is 5.09. The number of rotatable bonds is 8. The quantitative estimate of drug-likeness (QED) is 0.449. The van der Waals surface area contributed by atoms with E-state index in [1.165, 1.54) is 31.4 Å². The van der Waals surface area contributed by atoms with E-state index in [2.05, 4.69) is 6.58 Å². The van der Waals surface area contributed by atoms with Gasteiger partial charge >= 0.3 is 0 Å². The molecule has 2 rings (SSSR count). The predicted molar refractivity (Wildman–Crippen MR) is 96.7 cm³/mol. The predicted octanol–water partition coefficient (Wildman–Crippen LogP) is 3.87. The minimum Gasteiger partial charge on any atom is -0.504 e. The average molecular weight is 340 g/mol. The van der Waals surface area contributed by atoms with E-state index in [0.717, 1.165) is 5.56 Å². The lowest BCUT2D eigenvalue weighted by atomic mass is 10.1. The first-order valence-electron chi connectivity index (χ1n) is 7.60. The third-order valence-corrected chi connectivity index (χ3v) is 3.44. The molecule has 0 saturated heterocycles. The molecule has 2 aromatic carbocycles. The first kappa shape index (κ1) is 18.1. The second-order valence-electron chi connectivity index (χ2n) is 5.09. The zero-order valence-corrected chi connectivity index (χ0v) is 14.2. The van der Waals surface area contributed by atoms with Gasteiger partial charge in [-0.05, 0) is 42.0 Å². The van der Waals surface area contributed by atoms with Gasteiger partial charge in [-0.15, -0.1) is 0 Å². The first-order valence-corrected chi connectivity index (χ1v) is 7.60. The van der Waals surface area contributed by atoms with Crippen LogP contribution >= 0.6 is 0 Å². The van der Waals surface area contributed by atoms with Gasteiger partial charge in [0.15, 0.2) is 28.8 Å². The molecule has 130 valence electrons. The van der Waals surface area contributed by atoms with Crippen LogP contribution in [0.1, 0.15) is 15.9 Å². The maximum Gasteiger partial charge on any atom is 0.185 e. The molecule has 0 aliphatic carbocycles. The van der Waals surface area contributed by atoms with Gasteiger partial charge in [-0.1, -0.05) is 24.8 Å². The Kier molecular flexibility index (Phi) is 6.23. The van der Waals surface area contributed by atoms with Crippen molar-refractivity contribution in [3.05, 3.63) is 66.3 Å². The molecule has 25 heavy (non-hydrogen) atoms. The Labute approximate surface area is 146 Å². The van der Waals surface area contributed by atoms with Crippen LogP contribution in [-0.4, -0.2) is 31.7 Å². The number of hydrogen-bond acceptors (Lipinski definition) is 5. The van der Waals surface area contributed by atoms with Gasteiger partial charge < -0.3 is 19.3 Å². The standard InChI is InChI=1S/C20H20O5/c1-4-11-25-18-10-6-14(12-20(18)24-3)5-8-16(21)15-7-9-17(22)19(13-15)23-2/h4-10,12-13,22H,1,11H2,2-3H3/b8-5+. The monoisotopic (exact) mass is 340 g/mol. The molecule has 0 radical (unpaired) electrons. The van der Waals surface area contributed by atoms with Crippen molar-refractivity contribution < 1.29 is 24.1 Å². The van der Waals surface area contributed by atoms with Gasteiger partial charge in [0, 0.05) is 5.56 Å². The third kappa shape index (κ3) is 4.64. The molecule has 5 heteroatoms. The van der Waals surface area contributed by atoms with E-state index in [0.29, 0.717) is 23.7 Å². The number of phenols is 1. The normalized spacial score (nSPS) is 10.5. The van der Waals surface area contributed by atoms with E-state index in [1.54, 1.807) is 31.4 Å². The largest absolute Gasteiger partial charge is 0.504 e. The highest BCUT2D eigenvalue weighted by Gasteiger charge is 2.08. The highest BCUT2D eigenvalue weighted by molar-refractivity contribution is 6.07. The van der Waals surface area contributed by atoms with Crippen LogP contribution < -0.4 is 14.2 Å². The number of aromatic hydroxyl groups is 1. The van der Waals surface area contributed by atoms with Crippen LogP contribution in [0.25, 0.3) is 6.08 Å². The topological polar surface area (TPSA) is 65.0 Å². The van der Waals surface area contributed by atoms with Gasteiger partial charge in [-0.2, -0.15) is 0 Å². The SMILES string of the molecule is C=CCOc1ccc(/C=C/C(=O)c2ccc(O)c(OC)c2)cc1OC. The molecule has 0 heterocycles. The maximum atomic E-state index is 12.3. The second kappa shape index (κ2) is 8.59. The van der Waals surface area contributed by atoms with Crippen LogP contribution in [0, 0.1) is 0 Å². The first-order chi connectivity index (χ1) is 12.1. The minimum atomic E-state index is -0.204. The molecule has 0 atom stereocenters. The Hall–Kier alpha value is -3.21. The van der Waals surface area contributed by atoms with Crippen molar-refractivity contribution >= 4 is 11.9 Å². The smallest absolute Gasteiger partial charge is 0.185 e. The molecular formula is C20H20O5. The van der Waals surface area contributed by atoms with Crippen LogP contribution in [0.2, 0.25) is 0 Å². The molecular weight excluding hydrogens is 320 g/mol. The van der Waals surface area contributed by atoms with E-state index < -0.39 is 0 Å². The number of allylic oxidation sites excluding steroid dienone is 1. The molecule has 0 bridgehead atoms. The van der Waals surface area contributed by atoms with Gasteiger partial charge in [0.05, 0.1) is 14.2 Å². The number of methoxy groups -OCH3 is 2. The summed E-state index contributed by atoms with van der Waals surface area (Å²) >= 11 is 0. The van der Waals surface area contributed by atoms with E-state index >= 15 is 0 Å². The lowest BCUT2D eigenvalue weighted by molar-refractivity contribution is 0.104. The van der Waals surface area contributed by atoms with E-state index in [-0.39, 0.29) is 17.3 Å². The van der Waals surface area contributed by atoms with Crippen LogP contribution in [0.5, 0.6) is 23.0 Å². The van der Waals surface area contributed by atoms with Crippen LogP contribution in [0.3, 0.4) is 0 Å². The van der Waals surface area contributed by atoms with Gasteiger partial charge in [0.25, 0.3) is 0 Å². The summed E-state index contributed by atoms with van der Waals surface area (Å²) in [6, 6.07) is 9.83. The summed E-state index contributed by atoms with van der Waals surface area (Å²) in [5, 5.41) is 9.58. The lowest BCUT2D eigenvalue weighted by Gasteiger charge is -2.09. The summed E-state index contributed by atoms with van der Waals surface area (Å²) in [6.07, 6.45) is 4.78. The highest BCUT2D eigenvalue weighted by atomic mass is 16.5. The van der Waals surface area contributed by atoms with Crippen molar-refractivity contribution in [2.24, 2.45) is 0 Å². The third-order valence-electron chi connectivity index (χ3n) is 3.44. The number of phenolic OH excluding ortho intramolecular Hbond substituents is 1. The summed E-state index contributed by atoms with van der Waals surface area (Å²) < 4.78 is 15.8. The number of ketones is 1. The fraction of sp³-hybridized carbons (Fsp3) is 0.150. The van der Waals surface area contributed by atoms with Crippen LogP contribution in [0.15, 0.2) is 55.1 Å². The Bertz CT molecular complexity index is 793. The summed E-state index contributed by atoms with van der Waals surface area (Å²) in [4.78, 5) is 12.3. The molecule has 0 unspecified atom stereocenters. The molecule has 0 fully saturated rings. The minimum absolute atomic E-state index is 0.0112. The molecule has 0 aromatic heterocycles. The number of benzene rings is 2. The lowest BCUT2D eigenvalue weighted by Crippen LogP contribution is -1.97. The molecule has 0 aliphatic heterocycles. The average Bonchev–Trinajstić information content (AvgIpc) is 2.64. The van der Waals surface area contributed by atoms with Gasteiger partial charge in [0.1, 0.15) is 6.61 Å². The summed E-state index contributed by atoms with van der Waals surface area (Å²) in [6.45, 7) is 3.99. The van der Waals surface area contributed by atoms with Gasteiger partial charge in [0.2, 0.25) is 0 Å². The molecule has 1 N–H and O–H groups in total. The van der Waals surface area contributed by atoms with Crippen LogP contribution in [0.4, 0.5) is 0 Å². The van der Waals surface area contributed by atoms with Gasteiger partial charge in [-0.25, -0.2) is 0 Å². The van der Waals surface area contributed by atoms with E-state index in [1.807, 2.05) is 6.07 Å². The Morgan fingerprint density at radius 2 is 1.84 bits per heavy atom. The Morgan fingerprint density at radius 3 is 2.52 bits per heavy atom. The van der Waals surface area contributed by atoms with Crippen molar-refractivity contribution in [3.63, 3.8) is 0 Å². The molecule has 2 aromatic rings. The van der Waals surface area contributed by atoms with Crippen molar-refractivity contribution in [3.8, 4) is 23.0 Å². The summed E-state index contributed by atoms with van der Waals surface area (Å²) in [5.41, 5.74) is 1.21. The summed E-state index contributed by atoms with van der Waals surface area (Å²) in [5.74, 6) is 1.22. The van der Waals surface area contributed by atoms with Gasteiger partial charge in [-0.3, -0.25) is 4.79 Å². The molecule has 0 saturated carbocycles. The van der Waals surface area contributed by atoms with Crippen molar-refractivity contribution in [1.29, 1.82) is 0 Å². The number of carbonyl (C=O) groups excluding carboxylic acids is 1. The summed E-state index contributed by atoms with van der Waals surface area (Å²) in [7, 11) is 2.99. The number of ether oxygens (including phenoxy) is 3. The zero-order valence-electron chi connectivity index (χ0n) is 14.2. The van der Waals surface area contributed by atoms with E-state index in [9.17, 15) is 9.90 Å². The number of carbonyl (C=O) groups is 1. The molecule has 0 amide bonds. The fourth-order valence-corrected chi connectivity index (χ4v) is 2.15. The molecule has 0 aliphatic rings. The molecule has 5 nitrogen and oxygen atoms in total. The van der Waals surface area contributed by atoms with Crippen LogP contribution in [-0.2, 0) is 0 Å². The maximum absolute atomic E-state index is 12.3. The number of hydrogen-bond donors (Lipinski definition) is 1. The van der Waals surface area contributed by atoms with E-state index in [4.69, 9.17) is 14.2 Å². The molecule has 0 spiro atoms. The zero-order chi connectivity index (χ0) is 18.2. The Morgan fingerprint density at radius 1 is 1.08 bits per heavy atom.